The Bertz CT molecular complexity index is 625. The number of nitrogens with one attached hydrogen (secondary N) is 1. The lowest BCUT2D eigenvalue weighted by Crippen LogP contribution is -2.35. The van der Waals surface area contributed by atoms with Crippen LogP contribution in [0.1, 0.15) is 28.5 Å². The Labute approximate surface area is 128 Å². The number of carbonyl (C=O) groups is 1. The summed E-state index contributed by atoms with van der Waals surface area (Å²) in [6, 6.07) is 9.44. The zero-order valence-corrected chi connectivity index (χ0v) is 12.8. The van der Waals surface area contributed by atoms with Crippen LogP contribution in [0.15, 0.2) is 30.3 Å². The molecule has 0 saturated carbocycles. The highest BCUT2D eigenvalue weighted by Gasteiger charge is 2.21. The van der Waals surface area contributed by atoms with Gasteiger partial charge in [0.25, 0.3) is 5.91 Å². The van der Waals surface area contributed by atoms with Crippen LogP contribution in [0.3, 0.4) is 0 Å². The summed E-state index contributed by atoms with van der Waals surface area (Å²) in [6.45, 7) is 3.84. The molecule has 1 aromatic carbocycles. The van der Waals surface area contributed by atoms with Crippen LogP contribution in [-0.4, -0.2) is 33.4 Å². The van der Waals surface area contributed by atoms with Crippen molar-refractivity contribution in [3.8, 4) is 0 Å². The van der Waals surface area contributed by atoms with E-state index < -0.39 is 0 Å². The second-order valence-corrected chi connectivity index (χ2v) is 5.31. The molecule has 1 heterocycles. The highest BCUT2D eigenvalue weighted by atomic mass is 35.5. The van der Waals surface area contributed by atoms with Gasteiger partial charge in [0.05, 0.1) is 24.4 Å². The Kier molecular flexibility index (Phi) is 4.98. The quantitative estimate of drug-likeness (QED) is 0.888. The molecule has 6 heteroatoms. The van der Waals surface area contributed by atoms with Gasteiger partial charge in [-0.25, -0.2) is 4.68 Å². The van der Waals surface area contributed by atoms with Gasteiger partial charge in [-0.15, -0.1) is 0 Å². The number of aliphatic hydroxyl groups is 1. The Morgan fingerprint density at radius 3 is 2.71 bits per heavy atom. The van der Waals surface area contributed by atoms with Crippen LogP contribution in [0.5, 0.6) is 0 Å². The summed E-state index contributed by atoms with van der Waals surface area (Å²) in [6.07, 6.45) is 0. The van der Waals surface area contributed by atoms with Gasteiger partial charge in [-0.3, -0.25) is 4.79 Å². The minimum atomic E-state index is -0.328. The standard InChI is InChI=1S/C15H18ClN3O2/c1-10(9-20)17-15(21)13-11(2)18-19(14(13)16)8-12-6-4-3-5-7-12/h3-7,10,20H,8-9H2,1-2H3,(H,17,21)/t10-/m0/s1. The molecule has 2 N–H and O–H groups in total. The van der Waals surface area contributed by atoms with E-state index in [1.165, 1.54) is 0 Å². The molecule has 0 spiro atoms. The number of hydrogen-bond donors (Lipinski definition) is 2. The lowest BCUT2D eigenvalue weighted by Gasteiger charge is -2.10. The number of hydrogen-bond acceptors (Lipinski definition) is 3. The molecule has 0 aliphatic rings. The minimum absolute atomic E-state index is 0.124. The fourth-order valence-electron chi connectivity index (χ4n) is 2.01. The summed E-state index contributed by atoms with van der Waals surface area (Å²) in [7, 11) is 0. The maximum Gasteiger partial charge on any atom is 0.256 e. The van der Waals surface area contributed by atoms with E-state index in [0.29, 0.717) is 23.0 Å². The summed E-state index contributed by atoms with van der Waals surface area (Å²) in [5.41, 5.74) is 1.98. The zero-order valence-electron chi connectivity index (χ0n) is 12.0. The first kappa shape index (κ1) is 15.5. The Balaban J connectivity index is 2.23. The number of benzene rings is 1. The molecule has 5 nitrogen and oxygen atoms in total. The van der Waals surface area contributed by atoms with Gasteiger partial charge in [-0.2, -0.15) is 5.10 Å². The van der Waals surface area contributed by atoms with Gasteiger partial charge in [-0.1, -0.05) is 41.9 Å². The van der Waals surface area contributed by atoms with Crippen LogP contribution < -0.4 is 5.32 Å². The number of aryl methyl sites for hydroxylation is 1. The average Bonchev–Trinajstić information content (AvgIpc) is 2.74. The Morgan fingerprint density at radius 1 is 1.43 bits per heavy atom. The molecular weight excluding hydrogens is 290 g/mol. The van der Waals surface area contributed by atoms with E-state index in [1.807, 2.05) is 30.3 Å². The normalized spacial score (nSPS) is 12.2. The molecule has 0 aliphatic heterocycles. The van der Waals surface area contributed by atoms with E-state index >= 15 is 0 Å². The van der Waals surface area contributed by atoms with E-state index in [4.69, 9.17) is 16.7 Å². The highest BCUT2D eigenvalue weighted by molar-refractivity contribution is 6.33. The lowest BCUT2D eigenvalue weighted by molar-refractivity contribution is 0.0922. The fraction of sp³-hybridized carbons (Fsp3) is 0.333. The number of aromatic nitrogens is 2. The molecule has 1 amide bonds. The molecule has 1 atom stereocenters. The third-order valence-corrected chi connectivity index (χ3v) is 3.50. The first-order valence-corrected chi connectivity index (χ1v) is 7.09. The maximum absolute atomic E-state index is 12.2. The third-order valence-electron chi connectivity index (χ3n) is 3.12. The summed E-state index contributed by atoms with van der Waals surface area (Å²) < 4.78 is 1.60. The van der Waals surface area contributed by atoms with Gasteiger partial charge < -0.3 is 10.4 Å². The van der Waals surface area contributed by atoms with Crippen molar-refractivity contribution < 1.29 is 9.90 Å². The summed E-state index contributed by atoms with van der Waals surface area (Å²) in [4.78, 5) is 12.2. The maximum atomic E-state index is 12.2. The Hall–Kier alpha value is -1.85. The molecule has 112 valence electrons. The monoisotopic (exact) mass is 307 g/mol. The van der Waals surface area contributed by atoms with Crippen LogP contribution in [0, 0.1) is 6.92 Å². The van der Waals surface area contributed by atoms with Gasteiger partial charge in [0.2, 0.25) is 0 Å². The van der Waals surface area contributed by atoms with E-state index in [1.54, 1.807) is 18.5 Å². The van der Waals surface area contributed by atoms with Gasteiger partial charge in [0.1, 0.15) is 5.15 Å². The van der Waals surface area contributed by atoms with Crippen LogP contribution in [0.4, 0.5) is 0 Å². The molecule has 1 aromatic heterocycles. The van der Waals surface area contributed by atoms with Crippen molar-refractivity contribution in [3.63, 3.8) is 0 Å². The van der Waals surface area contributed by atoms with E-state index in [9.17, 15) is 4.79 Å². The van der Waals surface area contributed by atoms with Crippen molar-refractivity contribution in [2.75, 3.05) is 6.61 Å². The molecule has 21 heavy (non-hydrogen) atoms. The topological polar surface area (TPSA) is 67.2 Å². The van der Waals surface area contributed by atoms with E-state index in [2.05, 4.69) is 10.4 Å². The van der Waals surface area contributed by atoms with Gasteiger partial charge in [0.15, 0.2) is 0 Å². The van der Waals surface area contributed by atoms with Crippen LogP contribution in [0.2, 0.25) is 5.15 Å². The number of aliphatic hydroxyl groups excluding tert-OH is 1. The number of carbonyl (C=O) groups excluding carboxylic acids is 1. The minimum Gasteiger partial charge on any atom is -0.394 e. The molecule has 2 aromatic rings. The first-order valence-electron chi connectivity index (χ1n) is 6.71. The number of halogens is 1. The van der Waals surface area contributed by atoms with Crippen molar-refractivity contribution in [2.45, 2.75) is 26.4 Å². The molecule has 0 aliphatic carbocycles. The molecule has 0 fully saturated rings. The highest BCUT2D eigenvalue weighted by Crippen LogP contribution is 2.21. The molecular formula is C15H18ClN3O2. The van der Waals surface area contributed by atoms with Crippen LogP contribution >= 0.6 is 11.6 Å². The second kappa shape index (κ2) is 6.74. The largest absolute Gasteiger partial charge is 0.394 e. The zero-order chi connectivity index (χ0) is 15.4. The number of amides is 1. The lowest BCUT2D eigenvalue weighted by atomic mass is 10.2. The van der Waals surface area contributed by atoms with Gasteiger partial charge in [0, 0.05) is 6.04 Å². The molecule has 2 rings (SSSR count). The first-order chi connectivity index (χ1) is 10.0. The van der Waals surface area contributed by atoms with Crippen molar-refractivity contribution in [3.05, 3.63) is 52.3 Å². The predicted molar refractivity (Wildman–Crippen MR) is 81.5 cm³/mol. The van der Waals surface area contributed by atoms with Gasteiger partial charge in [-0.05, 0) is 19.4 Å². The third kappa shape index (κ3) is 3.62. The summed E-state index contributed by atoms with van der Waals surface area (Å²) in [5.74, 6) is -0.321. The molecule has 0 saturated heterocycles. The van der Waals surface area contributed by atoms with Crippen LogP contribution in [0.25, 0.3) is 0 Å². The Morgan fingerprint density at radius 2 is 2.10 bits per heavy atom. The van der Waals surface area contributed by atoms with Crippen molar-refractivity contribution >= 4 is 17.5 Å². The van der Waals surface area contributed by atoms with Crippen molar-refractivity contribution in [1.82, 2.24) is 15.1 Å². The number of nitrogens with zero attached hydrogens (tertiary/aromatic N) is 2. The van der Waals surface area contributed by atoms with Gasteiger partial charge >= 0.3 is 0 Å². The smallest absolute Gasteiger partial charge is 0.256 e. The average molecular weight is 308 g/mol. The van der Waals surface area contributed by atoms with Crippen molar-refractivity contribution in [1.29, 1.82) is 0 Å². The van der Waals surface area contributed by atoms with E-state index in [-0.39, 0.29) is 18.6 Å². The molecule has 0 bridgehead atoms. The predicted octanol–water partition coefficient (Wildman–Crippen LogP) is 2.00. The summed E-state index contributed by atoms with van der Waals surface area (Å²) >= 11 is 6.28. The second-order valence-electron chi connectivity index (χ2n) is 4.95. The van der Waals surface area contributed by atoms with Crippen molar-refractivity contribution in [2.24, 2.45) is 0 Å². The molecule has 0 radical (unpaired) electrons. The number of rotatable bonds is 5. The summed E-state index contributed by atoms with van der Waals surface area (Å²) in [5, 5.41) is 16.3. The SMILES string of the molecule is Cc1nn(Cc2ccccc2)c(Cl)c1C(=O)N[C@@H](C)CO. The molecule has 0 unspecified atom stereocenters. The van der Waals surface area contributed by atoms with Crippen LogP contribution in [-0.2, 0) is 6.54 Å². The fourth-order valence-corrected chi connectivity index (χ4v) is 2.33. The van der Waals surface area contributed by atoms with E-state index in [0.717, 1.165) is 5.56 Å².